The molecule has 3 rings (SSSR count). The fraction of sp³-hybridized carbons (Fsp3) is 0.462. The summed E-state index contributed by atoms with van der Waals surface area (Å²) in [6, 6.07) is 3.75. The summed E-state index contributed by atoms with van der Waals surface area (Å²) in [6.45, 7) is 0.204. The van der Waals surface area contributed by atoms with E-state index in [2.05, 4.69) is 10.3 Å². The highest BCUT2D eigenvalue weighted by Gasteiger charge is 2.38. The number of nitrogens with zero attached hydrogens (tertiary/aromatic N) is 4. The fourth-order valence-corrected chi connectivity index (χ4v) is 4.60. The number of sulfonamides is 1. The molecule has 1 aliphatic rings. The lowest BCUT2D eigenvalue weighted by Gasteiger charge is -2.31. The van der Waals surface area contributed by atoms with Crippen LogP contribution in [0.2, 0.25) is 0 Å². The summed E-state index contributed by atoms with van der Waals surface area (Å²) in [5.41, 5.74) is 0.852. The van der Waals surface area contributed by atoms with Crippen molar-refractivity contribution in [2.45, 2.75) is 30.2 Å². The van der Waals surface area contributed by atoms with Crippen molar-refractivity contribution < 1.29 is 18.3 Å². The summed E-state index contributed by atoms with van der Waals surface area (Å²) in [6.07, 6.45) is 1.68. The number of benzene rings is 1. The van der Waals surface area contributed by atoms with Gasteiger partial charge in [0, 0.05) is 13.6 Å². The zero-order valence-corrected chi connectivity index (χ0v) is 12.8. The predicted molar refractivity (Wildman–Crippen MR) is 77.7 cm³/mol. The van der Waals surface area contributed by atoms with E-state index in [9.17, 15) is 18.3 Å². The first kappa shape index (κ1) is 14.9. The molecule has 1 N–H and O–H groups in total. The number of hydrogen-bond donors (Lipinski definition) is 1. The molecule has 2 aromatic rings. The molecule has 1 atom stereocenters. The van der Waals surface area contributed by atoms with Crippen molar-refractivity contribution >= 4 is 27.0 Å². The van der Waals surface area contributed by atoms with Crippen molar-refractivity contribution in [3.05, 3.63) is 18.2 Å². The van der Waals surface area contributed by atoms with Gasteiger partial charge < -0.3 is 5.11 Å². The SMILES string of the molecule is Cn1nnc2c(S(=O)(=O)N3CCCCC3C(=O)O)cccc21. The van der Waals surface area contributed by atoms with Crippen LogP contribution in [0.5, 0.6) is 0 Å². The Morgan fingerprint density at radius 3 is 2.86 bits per heavy atom. The Labute approximate surface area is 127 Å². The summed E-state index contributed by atoms with van der Waals surface area (Å²) < 4.78 is 28.4. The largest absolute Gasteiger partial charge is 0.480 e. The quantitative estimate of drug-likeness (QED) is 0.886. The Bertz CT molecular complexity index is 830. The molecule has 0 saturated carbocycles. The van der Waals surface area contributed by atoms with Crippen molar-refractivity contribution in [3.8, 4) is 0 Å². The first-order valence-corrected chi connectivity index (χ1v) is 8.40. The van der Waals surface area contributed by atoms with Crippen LogP contribution in [0.3, 0.4) is 0 Å². The van der Waals surface area contributed by atoms with E-state index in [1.54, 1.807) is 19.2 Å². The van der Waals surface area contributed by atoms with Crippen LogP contribution in [0.15, 0.2) is 23.1 Å². The van der Waals surface area contributed by atoms with Gasteiger partial charge in [0.15, 0.2) is 0 Å². The first-order valence-electron chi connectivity index (χ1n) is 6.96. The third-order valence-corrected chi connectivity index (χ3v) is 5.87. The van der Waals surface area contributed by atoms with Crippen molar-refractivity contribution in [1.82, 2.24) is 19.3 Å². The van der Waals surface area contributed by atoms with Crippen molar-refractivity contribution in [2.75, 3.05) is 6.54 Å². The van der Waals surface area contributed by atoms with E-state index >= 15 is 0 Å². The van der Waals surface area contributed by atoms with Crippen molar-refractivity contribution in [1.29, 1.82) is 0 Å². The van der Waals surface area contributed by atoms with E-state index in [0.717, 1.165) is 4.31 Å². The second-order valence-electron chi connectivity index (χ2n) is 5.30. The third kappa shape index (κ3) is 2.26. The van der Waals surface area contributed by atoms with E-state index in [-0.39, 0.29) is 17.0 Å². The Morgan fingerprint density at radius 1 is 1.36 bits per heavy atom. The second-order valence-corrected chi connectivity index (χ2v) is 7.16. The van der Waals surface area contributed by atoms with Gasteiger partial charge in [-0.3, -0.25) is 4.79 Å². The zero-order chi connectivity index (χ0) is 15.9. The van der Waals surface area contributed by atoms with Gasteiger partial charge in [-0.1, -0.05) is 11.3 Å². The maximum absolute atomic E-state index is 12.9. The normalized spacial score (nSPS) is 20.3. The molecule has 1 aromatic heterocycles. The molecule has 1 aliphatic heterocycles. The molecule has 1 unspecified atom stereocenters. The predicted octanol–water partition coefficient (Wildman–Crippen LogP) is 0.596. The van der Waals surface area contributed by atoms with E-state index in [1.807, 2.05) is 0 Å². The minimum atomic E-state index is -3.93. The van der Waals surface area contributed by atoms with Crippen molar-refractivity contribution in [2.24, 2.45) is 7.05 Å². The molecule has 0 aliphatic carbocycles. The number of hydrogen-bond acceptors (Lipinski definition) is 5. The van der Waals surface area contributed by atoms with E-state index in [0.29, 0.717) is 24.8 Å². The Balaban J connectivity index is 2.13. The zero-order valence-electron chi connectivity index (χ0n) is 12.0. The molecule has 0 radical (unpaired) electrons. The van der Waals surface area contributed by atoms with E-state index in [1.165, 1.54) is 10.7 Å². The molecular formula is C13H16N4O4S. The Morgan fingerprint density at radius 2 is 2.14 bits per heavy atom. The molecule has 0 bridgehead atoms. The van der Waals surface area contributed by atoms with Gasteiger partial charge in [0.1, 0.15) is 16.5 Å². The van der Waals surface area contributed by atoms with Crippen LogP contribution in [0.25, 0.3) is 11.0 Å². The fourth-order valence-electron chi connectivity index (χ4n) is 2.81. The van der Waals surface area contributed by atoms with Gasteiger partial charge in [0.05, 0.1) is 5.52 Å². The van der Waals surface area contributed by atoms with E-state index < -0.39 is 22.0 Å². The van der Waals surface area contributed by atoms with Gasteiger partial charge in [-0.15, -0.1) is 5.10 Å². The number of carboxylic acids is 1. The minimum absolute atomic E-state index is 0.00579. The van der Waals surface area contributed by atoms with Gasteiger partial charge in [0.25, 0.3) is 0 Å². The van der Waals surface area contributed by atoms with Gasteiger partial charge in [-0.2, -0.15) is 4.31 Å². The highest BCUT2D eigenvalue weighted by molar-refractivity contribution is 7.89. The standard InChI is InChI=1S/C13H16N4O4S/c1-16-9-6-4-7-11(12(9)14-15-16)22(20,21)17-8-3-2-5-10(17)13(18)19/h4,6-7,10H,2-3,5,8H2,1H3,(H,18,19). The lowest BCUT2D eigenvalue weighted by Crippen LogP contribution is -2.47. The summed E-state index contributed by atoms with van der Waals surface area (Å²) in [5.74, 6) is -1.12. The number of aliphatic carboxylic acids is 1. The minimum Gasteiger partial charge on any atom is -0.480 e. The maximum atomic E-state index is 12.9. The number of rotatable bonds is 3. The average Bonchev–Trinajstić information content (AvgIpc) is 2.89. The number of carboxylic acid groups (broad SMARTS) is 1. The van der Waals surface area contributed by atoms with Crippen LogP contribution in [0.1, 0.15) is 19.3 Å². The molecule has 8 nitrogen and oxygen atoms in total. The summed E-state index contributed by atoms with van der Waals surface area (Å²) in [7, 11) is -2.26. The van der Waals surface area contributed by atoms with Crippen LogP contribution in [-0.2, 0) is 21.9 Å². The Hall–Kier alpha value is -2.00. The van der Waals surface area contributed by atoms with Gasteiger partial charge >= 0.3 is 5.97 Å². The van der Waals surface area contributed by atoms with Crippen molar-refractivity contribution in [3.63, 3.8) is 0 Å². The van der Waals surface area contributed by atoms with Gasteiger partial charge in [0.2, 0.25) is 10.0 Å². The monoisotopic (exact) mass is 324 g/mol. The van der Waals surface area contributed by atoms with Crippen LogP contribution >= 0.6 is 0 Å². The highest BCUT2D eigenvalue weighted by atomic mass is 32.2. The van der Waals surface area contributed by atoms with Gasteiger partial charge in [-0.05, 0) is 31.4 Å². The molecule has 2 heterocycles. The summed E-state index contributed by atoms with van der Waals surface area (Å²) in [4.78, 5) is 11.4. The second kappa shape index (κ2) is 5.33. The third-order valence-electron chi connectivity index (χ3n) is 3.93. The Kier molecular flexibility index (Phi) is 3.61. The molecule has 1 aromatic carbocycles. The molecule has 1 fully saturated rings. The molecule has 118 valence electrons. The molecule has 1 saturated heterocycles. The lowest BCUT2D eigenvalue weighted by atomic mass is 10.1. The topological polar surface area (TPSA) is 105 Å². The molecule has 9 heteroatoms. The lowest BCUT2D eigenvalue weighted by molar-refractivity contribution is -0.142. The average molecular weight is 324 g/mol. The first-order chi connectivity index (χ1) is 10.4. The van der Waals surface area contributed by atoms with Crippen LogP contribution in [0, 0.1) is 0 Å². The summed E-state index contributed by atoms with van der Waals surface area (Å²) >= 11 is 0. The molecule has 0 amide bonds. The van der Waals surface area contributed by atoms with Gasteiger partial charge in [-0.25, -0.2) is 13.1 Å². The smallest absolute Gasteiger partial charge is 0.322 e. The van der Waals surface area contributed by atoms with Crippen LogP contribution in [-0.4, -0.2) is 51.4 Å². The number of fused-ring (bicyclic) bond motifs is 1. The highest BCUT2D eigenvalue weighted by Crippen LogP contribution is 2.29. The maximum Gasteiger partial charge on any atom is 0.322 e. The molecular weight excluding hydrogens is 308 g/mol. The molecule has 0 spiro atoms. The molecule has 22 heavy (non-hydrogen) atoms. The van der Waals surface area contributed by atoms with Crippen LogP contribution in [0.4, 0.5) is 0 Å². The number of piperidine rings is 1. The number of aromatic nitrogens is 3. The van der Waals surface area contributed by atoms with E-state index in [4.69, 9.17) is 0 Å². The number of aryl methyl sites for hydroxylation is 1. The van der Waals surface area contributed by atoms with Crippen LogP contribution < -0.4 is 0 Å². The summed E-state index contributed by atoms with van der Waals surface area (Å²) in [5, 5.41) is 17.0. The number of carbonyl (C=O) groups is 1.